The highest BCUT2D eigenvalue weighted by Gasteiger charge is 2.44. The summed E-state index contributed by atoms with van der Waals surface area (Å²) < 4.78 is 0. The second-order valence-electron chi connectivity index (χ2n) is 16.2. The monoisotopic (exact) mass is 755 g/mol. The second-order valence-corrected chi connectivity index (χ2v) is 16.5. The van der Waals surface area contributed by atoms with Crippen molar-refractivity contribution in [2.45, 2.75) is 69.7 Å². The summed E-state index contributed by atoms with van der Waals surface area (Å²) in [4.78, 5) is 34.4. The van der Waals surface area contributed by atoms with E-state index in [2.05, 4.69) is 91.6 Å². The molecule has 5 heterocycles. The van der Waals surface area contributed by atoms with Crippen molar-refractivity contribution in [3.8, 4) is 5.75 Å². The Balaban J connectivity index is 0.807. The summed E-state index contributed by atoms with van der Waals surface area (Å²) in [5.41, 5.74) is 11.0. The van der Waals surface area contributed by atoms with Gasteiger partial charge in [-0.2, -0.15) is 0 Å². The molecule has 9 heteroatoms. The Kier molecular flexibility index (Phi) is 10.1. The number of likely N-dealkylation sites (tertiary alicyclic amines) is 1. The van der Waals surface area contributed by atoms with Crippen molar-refractivity contribution in [3.63, 3.8) is 0 Å². The van der Waals surface area contributed by atoms with Gasteiger partial charge in [-0.05, 0) is 113 Å². The topological polar surface area (TPSA) is 79.4 Å². The first-order valence-electron chi connectivity index (χ1n) is 20.1. The molecule has 2 bridgehead atoms. The number of carbonyl (C=O) groups excluding carboxylic acids is 2. The number of piperidine rings is 2. The first-order valence-corrected chi connectivity index (χ1v) is 20.6. The van der Waals surface area contributed by atoms with Gasteiger partial charge in [0.1, 0.15) is 5.75 Å². The Morgan fingerprint density at radius 1 is 0.764 bits per heavy atom. The van der Waals surface area contributed by atoms with Crippen LogP contribution in [0.5, 0.6) is 5.75 Å². The van der Waals surface area contributed by atoms with Gasteiger partial charge < -0.3 is 14.9 Å². The van der Waals surface area contributed by atoms with Crippen LogP contribution in [0.2, 0.25) is 0 Å². The highest BCUT2D eigenvalue weighted by molar-refractivity contribution is 6.18. The number of carbonyl (C=O) groups is 2. The molecule has 0 spiro atoms. The number of hydrogen-bond acceptors (Lipinski definition) is 7. The molecule has 3 unspecified atom stereocenters. The van der Waals surface area contributed by atoms with E-state index in [4.69, 9.17) is 11.6 Å². The maximum absolute atomic E-state index is 12.5. The minimum absolute atomic E-state index is 0.146. The van der Waals surface area contributed by atoms with Crippen LogP contribution in [0.4, 0.5) is 11.4 Å². The van der Waals surface area contributed by atoms with Gasteiger partial charge >= 0.3 is 0 Å². The van der Waals surface area contributed by atoms with Gasteiger partial charge in [-0.1, -0.05) is 60.7 Å². The fraction of sp³-hybridized carbons (Fsp3) is 0.391. The molecule has 4 aromatic rings. The summed E-state index contributed by atoms with van der Waals surface area (Å²) in [6.45, 7) is 7.11. The van der Waals surface area contributed by atoms with Crippen molar-refractivity contribution in [2.24, 2.45) is 5.92 Å². The molecule has 0 radical (unpaired) electrons. The molecule has 4 aromatic carbocycles. The van der Waals surface area contributed by atoms with Gasteiger partial charge in [0.25, 0.3) is 0 Å². The minimum atomic E-state index is -0.217. The van der Waals surface area contributed by atoms with Crippen LogP contribution in [0.15, 0.2) is 97.1 Å². The summed E-state index contributed by atoms with van der Waals surface area (Å²) in [6, 6.07) is 34.9. The number of alkyl halides is 1. The van der Waals surface area contributed by atoms with E-state index in [1.807, 2.05) is 18.2 Å². The summed E-state index contributed by atoms with van der Waals surface area (Å²) in [5.74, 6) is 1.20. The van der Waals surface area contributed by atoms with Crippen LogP contribution in [0.3, 0.4) is 0 Å². The lowest BCUT2D eigenvalue weighted by Gasteiger charge is -2.40. The third-order valence-corrected chi connectivity index (χ3v) is 13.0. The number of aromatic hydroxyl groups is 1. The van der Waals surface area contributed by atoms with Gasteiger partial charge in [-0.15, -0.1) is 11.6 Å². The molecule has 55 heavy (non-hydrogen) atoms. The van der Waals surface area contributed by atoms with Gasteiger partial charge in [-0.3, -0.25) is 24.7 Å². The molecule has 4 saturated heterocycles. The minimum Gasteiger partial charge on any atom is -0.508 e. The van der Waals surface area contributed by atoms with Crippen LogP contribution in [0, 0.1) is 5.92 Å². The van der Waals surface area contributed by atoms with Gasteiger partial charge in [0.15, 0.2) is 0 Å². The lowest BCUT2D eigenvalue weighted by atomic mass is 9.88. The molecule has 0 aromatic heterocycles. The van der Waals surface area contributed by atoms with E-state index in [-0.39, 0.29) is 23.6 Å². The van der Waals surface area contributed by atoms with Crippen molar-refractivity contribution >= 4 is 45.9 Å². The smallest absolute Gasteiger partial charge is 0.243 e. The molecule has 3 atom stereocenters. The number of imide groups is 1. The lowest BCUT2D eigenvalue weighted by molar-refractivity contribution is -0.137. The molecule has 2 N–H and O–H groups in total. The molecule has 284 valence electrons. The summed E-state index contributed by atoms with van der Waals surface area (Å²) >= 11 is 6.38. The summed E-state index contributed by atoms with van der Waals surface area (Å²) in [5, 5.41) is 12.6. The fourth-order valence-corrected chi connectivity index (χ4v) is 10.2. The van der Waals surface area contributed by atoms with E-state index in [0.717, 1.165) is 68.3 Å². The Bertz CT molecular complexity index is 2060. The standard InChI is InChI=1S/C46H50ClN5O3/c47-21-18-42(32-4-2-1-3-5-32)45(34-9-14-41(53)15-10-34)33-6-11-37(12-7-33)49-22-19-31(20-23-49)26-50-29-40-25-39(50)30-52(40)38-13-8-35-27-51(28-36(35)24-38)43-16-17-44(54)48-46(43)55/h1-15,24,31,39-40,43,53H,16-23,25-30H2,(H,48,54,55). The molecule has 0 aliphatic carbocycles. The van der Waals surface area contributed by atoms with Crippen LogP contribution in [-0.4, -0.2) is 83.5 Å². The second kappa shape index (κ2) is 15.5. The predicted octanol–water partition coefficient (Wildman–Crippen LogP) is 7.28. The summed E-state index contributed by atoms with van der Waals surface area (Å²) in [6.07, 6.45) is 5.43. The number of fused-ring (bicyclic) bond motifs is 3. The number of nitrogens with one attached hydrogen (secondary N) is 1. The van der Waals surface area contributed by atoms with E-state index >= 15 is 0 Å². The normalized spacial score (nSPS) is 23.6. The SMILES string of the molecule is O=C1CCC(N2Cc3ccc(N4CC5CC4CN5CC4CCN(c5ccc(C(=C(CCCl)c6ccccc6)c6ccc(O)cc6)cc5)CC4)cc3C2)C(=O)N1. The number of phenolic OH excluding ortho intramolecular Hbond substituents is 1. The number of phenols is 1. The Labute approximate surface area is 329 Å². The molecular formula is C46H50ClN5O3. The highest BCUT2D eigenvalue weighted by atomic mass is 35.5. The van der Waals surface area contributed by atoms with E-state index in [1.165, 1.54) is 59.4 Å². The van der Waals surface area contributed by atoms with E-state index < -0.39 is 0 Å². The van der Waals surface area contributed by atoms with Crippen molar-refractivity contribution in [1.29, 1.82) is 0 Å². The van der Waals surface area contributed by atoms with Gasteiger partial charge in [0, 0.05) is 81.6 Å². The van der Waals surface area contributed by atoms with Crippen LogP contribution in [0.1, 0.15) is 66.3 Å². The molecule has 5 aliphatic rings. The number of benzene rings is 4. The maximum atomic E-state index is 12.5. The predicted molar refractivity (Wildman–Crippen MR) is 220 cm³/mol. The Morgan fingerprint density at radius 3 is 2.16 bits per heavy atom. The van der Waals surface area contributed by atoms with E-state index in [0.29, 0.717) is 30.8 Å². The molecule has 8 nitrogen and oxygen atoms in total. The number of nitrogens with zero attached hydrogens (tertiary/aromatic N) is 4. The number of rotatable bonds is 10. The zero-order valence-corrected chi connectivity index (χ0v) is 32.1. The van der Waals surface area contributed by atoms with Crippen LogP contribution < -0.4 is 15.1 Å². The molecule has 4 fully saturated rings. The molecular weight excluding hydrogens is 706 g/mol. The largest absolute Gasteiger partial charge is 0.508 e. The van der Waals surface area contributed by atoms with E-state index in [9.17, 15) is 14.7 Å². The summed E-state index contributed by atoms with van der Waals surface area (Å²) in [7, 11) is 0. The van der Waals surface area contributed by atoms with Crippen molar-refractivity contribution < 1.29 is 14.7 Å². The average molecular weight is 756 g/mol. The quantitative estimate of drug-likeness (QED) is 0.100. The lowest BCUT2D eigenvalue weighted by Crippen LogP contribution is -2.50. The Hall–Kier alpha value is -4.63. The first kappa shape index (κ1) is 36.0. The third kappa shape index (κ3) is 7.40. The Morgan fingerprint density at radius 2 is 1.47 bits per heavy atom. The average Bonchev–Trinajstić information content (AvgIpc) is 3.94. The van der Waals surface area contributed by atoms with Crippen LogP contribution in [-0.2, 0) is 22.7 Å². The molecule has 0 saturated carbocycles. The molecule has 2 amide bonds. The number of anilines is 2. The highest BCUT2D eigenvalue weighted by Crippen LogP contribution is 2.40. The number of piperazine rings is 1. The van der Waals surface area contributed by atoms with E-state index in [1.54, 1.807) is 12.1 Å². The number of halogens is 1. The van der Waals surface area contributed by atoms with Crippen LogP contribution in [0.25, 0.3) is 11.1 Å². The molecule has 5 aliphatic heterocycles. The van der Waals surface area contributed by atoms with Gasteiger partial charge in [-0.25, -0.2) is 0 Å². The number of hydrogen-bond donors (Lipinski definition) is 2. The molecule has 9 rings (SSSR count). The van der Waals surface area contributed by atoms with Crippen molar-refractivity contribution in [3.05, 3.63) is 125 Å². The number of amides is 2. The van der Waals surface area contributed by atoms with Gasteiger partial charge in [0.2, 0.25) is 11.8 Å². The zero-order chi connectivity index (χ0) is 37.5. The fourth-order valence-electron chi connectivity index (χ4n) is 9.96. The first-order chi connectivity index (χ1) is 26.9. The third-order valence-electron chi connectivity index (χ3n) is 12.8. The van der Waals surface area contributed by atoms with Crippen LogP contribution >= 0.6 is 11.6 Å². The zero-order valence-electron chi connectivity index (χ0n) is 31.4. The van der Waals surface area contributed by atoms with Gasteiger partial charge in [0.05, 0.1) is 6.04 Å². The van der Waals surface area contributed by atoms with Crippen molar-refractivity contribution in [2.75, 3.05) is 48.4 Å². The number of allylic oxidation sites excluding steroid dienone is 1. The van der Waals surface area contributed by atoms with Crippen molar-refractivity contribution in [1.82, 2.24) is 15.1 Å². The maximum Gasteiger partial charge on any atom is 0.243 e.